The van der Waals surface area contributed by atoms with E-state index in [1.54, 1.807) is 0 Å². The summed E-state index contributed by atoms with van der Waals surface area (Å²) in [5.41, 5.74) is 0. The lowest BCUT2D eigenvalue weighted by atomic mass is 9.84. The summed E-state index contributed by atoms with van der Waals surface area (Å²) in [6.45, 7) is 4.13. The molecule has 0 amide bonds. The Morgan fingerprint density at radius 2 is 1.08 bits per heavy atom. The van der Waals surface area contributed by atoms with E-state index in [-0.39, 0.29) is 12.2 Å². The van der Waals surface area contributed by atoms with Crippen LogP contribution in [-0.4, -0.2) is 22.4 Å². The average Bonchev–Trinajstić information content (AvgIpc) is 2.07. The molecule has 4 atom stereocenters. The van der Waals surface area contributed by atoms with Crippen molar-refractivity contribution in [2.75, 3.05) is 0 Å². The molecule has 0 aliphatic heterocycles. The van der Waals surface area contributed by atoms with Gasteiger partial charge in [0, 0.05) is 0 Å². The van der Waals surface area contributed by atoms with Crippen LogP contribution in [0.25, 0.3) is 0 Å². The summed E-state index contributed by atoms with van der Waals surface area (Å²) in [6, 6.07) is 0. The average molecular weight is 172 g/mol. The predicted octanol–water partition coefficient (Wildman–Crippen LogP) is 1.55. The molecule has 2 heteroatoms. The standard InChI is InChI=1S/C10H20O2/c1-7-3-5-10(12)8(2)4-6-9(7)11/h7-12H,3-6H2,1-2H3/t7-,8-,9+,10+/m1/s1. The Bertz CT molecular complexity index is 104. The topological polar surface area (TPSA) is 40.5 Å². The molecule has 1 aliphatic carbocycles. The first kappa shape index (κ1) is 10.0. The minimum atomic E-state index is -0.153. The third-order valence-electron chi connectivity index (χ3n) is 3.15. The highest BCUT2D eigenvalue weighted by atomic mass is 16.3. The van der Waals surface area contributed by atoms with Crippen molar-refractivity contribution in [3.8, 4) is 0 Å². The summed E-state index contributed by atoms with van der Waals surface area (Å²) in [4.78, 5) is 0. The van der Waals surface area contributed by atoms with Gasteiger partial charge in [0.15, 0.2) is 0 Å². The van der Waals surface area contributed by atoms with Crippen LogP contribution in [-0.2, 0) is 0 Å². The molecule has 0 heterocycles. The van der Waals surface area contributed by atoms with Gasteiger partial charge in [-0.3, -0.25) is 0 Å². The highest BCUT2D eigenvalue weighted by Gasteiger charge is 2.23. The Morgan fingerprint density at radius 1 is 0.750 bits per heavy atom. The SMILES string of the molecule is C[C@@H]1CC[C@H](O)[C@H](C)CC[C@@H]1O. The quantitative estimate of drug-likeness (QED) is 0.582. The van der Waals surface area contributed by atoms with Crippen molar-refractivity contribution in [3.63, 3.8) is 0 Å². The molecule has 0 aromatic rings. The van der Waals surface area contributed by atoms with Gasteiger partial charge in [-0.05, 0) is 37.5 Å². The van der Waals surface area contributed by atoms with Crippen LogP contribution >= 0.6 is 0 Å². The first-order valence-electron chi connectivity index (χ1n) is 4.97. The number of rotatable bonds is 0. The molecule has 1 saturated carbocycles. The number of aliphatic hydroxyl groups excluding tert-OH is 2. The second-order valence-electron chi connectivity index (χ2n) is 4.24. The molecule has 0 bridgehead atoms. The van der Waals surface area contributed by atoms with Crippen LogP contribution in [0, 0.1) is 11.8 Å². The maximum atomic E-state index is 9.61. The molecular formula is C10H20O2. The first-order chi connectivity index (χ1) is 5.61. The first-order valence-corrected chi connectivity index (χ1v) is 4.97. The zero-order valence-electron chi connectivity index (χ0n) is 8.03. The van der Waals surface area contributed by atoms with E-state index in [0.29, 0.717) is 11.8 Å². The van der Waals surface area contributed by atoms with Crippen molar-refractivity contribution in [1.29, 1.82) is 0 Å². The van der Waals surface area contributed by atoms with E-state index in [9.17, 15) is 10.2 Å². The minimum Gasteiger partial charge on any atom is -0.393 e. The maximum Gasteiger partial charge on any atom is 0.0565 e. The van der Waals surface area contributed by atoms with E-state index < -0.39 is 0 Å². The number of hydrogen-bond donors (Lipinski definition) is 2. The molecule has 1 rings (SSSR count). The molecule has 0 aromatic heterocycles. The summed E-state index contributed by atoms with van der Waals surface area (Å²) < 4.78 is 0. The summed E-state index contributed by atoms with van der Waals surface area (Å²) in [5, 5.41) is 19.2. The molecule has 2 nitrogen and oxygen atoms in total. The van der Waals surface area contributed by atoms with Gasteiger partial charge in [-0.15, -0.1) is 0 Å². The number of hydrogen-bond acceptors (Lipinski definition) is 2. The molecule has 12 heavy (non-hydrogen) atoms. The smallest absolute Gasteiger partial charge is 0.0565 e. The van der Waals surface area contributed by atoms with E-state index in [4.69, 9.17) is 0 Å². The zero-order chi connectivity index (χ0) is 9.14. The molecule has 1 aliphatic rings. The molecule has 1 fully saturated rings. The van der Waals surface area contributed by atoms with Gasteiger partial charge in [0.1, 0.15) is 0 Å². The van der Waals surface area contributed by atoms with Crippen LogP contribution in [0.2, 0.25) is 0 Å². The zero-order valence-corrected chi connectivity index (χ0v) is 8.03. The number of aliphatic hydroxyl groups is 2. The van der Waals surface area contributed by atoms with E-state index in [1.165, 1.54) is 0 Å². The van der Waals surface area contributed by atoms with Crippen molar-refractivity contribution in [3.05, 3.63) is 0 Å². The third kappa shape index (κ3) is 2.46. The monoisotopic (exact) mass is 172 g/mol. The third-order valence-corrected chi connectivity index (χ3v) is 3.15. The second kappa shape index (κ2) is 4.24. The van der Waals surface area contributed by atoms with Gasteiger partial charge in [0.05, 0.1) is 12.2 Å². The fraction of sp³-hybridized carbons (Fsp3) is 1.00. The van der Waals surface area contributed by atoms with Gasteiger partial charge >= 0.3 is 0 Å². The Balaban J connectivity index is 2.45. The highest BCUT2D eigenvalue weighted by Crippen LogP contribution is 2.25. The highest BCUT2D eigenvalue weighted by molar-refractivity contribution is 4.75. The van der Waals surface area contributed by atoms with Crippen LogP contribution in [0.5, 0.6) is 0 Å². The Labute approximate surface area is 74.6 Å². The molecular weight excluding hydrogens is 152 g/mol. The van der Waals surface area contributed by atoms with Crippen LogP contribution < -0.4 is 0 Å². The Kier molecular flexibility index (Phi) is 3.53. The lowest BCUT2D eigenvalue weighted by Gasteiger charge is -2.28. The van der Waals surface area contributed by atoms with Crippen molar-refractivity contribution < 1.29 is 10.2 Å². The van der Waals surface area contributed by atoms with Crippen LogP contribution in [0.1, 0.15) is 39.5 Å². The fourth-order valence-corrected chi connectivity index (χ4v) is 1.82. The minimum absolute atomic E-state index is 0.153. The molecule has 0 spiro atoms. The van der Waals surface area contributed by atoms with Gasteiger partial charge in [-0.1, -0.05) is 13.8 Å². The van der Waals surface area contributed by atoms with E-state index in [0.717, 1.165) is 25.7 Å². The van der Waals surface area contributed by atoms with Gasteiger partial charge < -0.3 is 10.2 Å². The van der Waals surface area contributed by atoms with E-state index in [1.807, 2.05) is 0 Å². The lowest BCUT2D eigenvalue weighted by Crippen LogP contribution is -2.27. The van der Waals surface area contributed by atoms with Gasteiger partial charge in [0.2, 0.25) is 0 Å². The molecule has 0 unspecified atom stereocenters. The molecule has 0 radical (unpaired) electrons. The maximum absolute atomic E-state index is 9.61. The van der Waals surface area contributed by atoms with Gasteiger partial charge in [-0.25, -0.2) is 0 Å². The summed E-state index contributed by atoms with van der Waals surface area (Å²) in [6.07, 6.45) is 3.29. The normalized spacial score (nSPS) is 45.0. The molecule has 0 aromatic carbocycles. The fourth-order valence-electron chi connectivity index (χ4n) is 1.82. The Hall–Kier alpha value is -0.0800. The van der Waals surface area contributed by atoms with Crippen LogP contribution in [0.15, 0.2) is 0 Å². The molecule has 2 N–H and O–H groups in total. The van der Waals surface area contributed by atoms with Crippen LogP contribution in [0.3, 0.4) is 0 Å². The van der Waals surface area contributed by atoms with Crippen molar-refractivity contribution >= 4 is 0 Å². The van der Waals surface area contributed by atoms with Crippen molar-refractivity contribution in [1.82, 2.24) is 0 Å². The summed E-state index contributed by atoms with van der Waals surface area (Å²) in [5.74, 6) is 0.708. The van der Waals surface area contributed by atoms with Gasteiger partial charge in [-0.2, -0.15) is 0 Å². The van der Waals surface area contributed by atoms with Crippen molar-refractivity contribution in [2.45, 2.75) is 51.7 Å². The predicted molar refractivity (Wildman–Crippen MR) is 48.8 cm³/mol. The molecule has 0 saturated heterocycles. The van der Waals surface area contributed by atoms with Crippen LogP contribution in [0.4, 0.5) is 0 Å². The van der Waals surface area contributed by atoms with E-state index >= 15 is 0 Å². The lowest BCUT2D eigenvalue weighted by molar-refractivity contribution is 0.0348. The Morgan fingerprint density at radius 3 is 1.42 bits per heavy atom. The summed E-state index contributed by atoms with van der Waals surface area (Å²) >= 11 is 0. The van der Waals surface area contributed by atoms with Gasteiger partial charge in [0.25, 0.3) is 0 Å². The largest absolute Gasteiger partial charge is 0.393 e. The second-order valence-corrected chi connectivity index (χ2v) is 4.24. The molecule has 72 valence electrons. The van der Waals surface area contributed by atoms with E-state index in [2.05, 4.69) is 13.8 Å². The summed E-state index contributed by atoms with van der Waals surface area (Å²) in [7, 11) is 0. The van der Waals surface area contributed by atoms with Crippen molar-refractivity contribution in [2.24, 2.45) is 11.8 Å².